The zero-order valence-corrected chi connectivity index (χ0v) is 10.5. The fourth-order valence-corrected chi connectivity index (χ4v) is 1.85. The van der Waals surface area contributed by atoms with E-state index in [9.17, 15) is 0 Å². The van der Waals surface area contributed by atoms with E-state index in [0.29, 0.717) is 0 Å². The van der Waals surface area contributed by atoms with Crippen LogP contribution in [0.25, 0.3) is 0 Å². The fourth-order valence-electron chi connectivity index (χ4n) is 1.85. The highest BCUT2D eigenvalue weighted by Crippen LogP contribution is 2.11. The van der Waals surface area contributed by atoms with Crippen LogP contribution in [0.1, 0.15) is 77.6 Å². The molecule has 0 rings (SSSR count). The minimum Gasteiger partial charge on any atom is -0.405 e. The summed E-state index contributed by atoms with van der Waals surface area (Å²) in [5, 5.41) is 0. The summed E-state index contributed by atoms with van der Waals surface area (Å²) in [7, 11) is 0. The van der Waals surface area contributed by atoms with E-state index in [-0.39, 0.29) is 0 Å². The van der Waals surface area contributed by atoms with Gasteiger partial charge in [-0.15, -0.1) is 0 Å². The maximum absolute atomic E-state index is 5.27. The van der Waals surface area contributed by atoms with Gasteiger partial charge in [-0.3, -0.25) is 0 Å². The molecule has 15 heavy (non-hydrogen) atoms. The van der Waals surface area contributed by atoms with Crippen LogP contribution in [0.4, 0.5) is 0 Å². The monoisotopic (exact) mass is 211 g/mol. The summed E-state index contributed by atoms with van der Waals surface area (Å²) >= 11 is 0. The first-order chi connectivity index (χ1) is 7.41. The van der Waals surface area contributed by atoms with Crippen LogP contribution in [0, 0.1) is 0 Å². The molecule has 0 aliphatic heterocycles. The molecule has 0 spiro atoms. The van der Waals surface area contributed by atoms with Gasteiger partial charge in [-0.25, -0.2) is 0 Å². The minimum absolute atomic E-state index is 1.16. The molecular weight excluding hydrogens is 182 g/mol. The first-order valence-corrected chi connectivity index (χ1v) is 6.78. The molecule has 0 heterocycles. The summed E-state index contributed by atoms with van der Waals surface area (Å²) in [5.74, 6) is 0. The van der Waals surface area contributed by atoms with Gasteiger partial charge in [0.25, 0.3) is 0 Å². The second-order valence-corrected chi connectivity index (χ2v) is 4.40. The van der Waals surface area contributed by atoms with Crippen LogP contribution >= 0.6 is 0 Å². The van der Waals surface area contributed by atoms with Crippen molar-refractivity contribution < 1.29 is 0 Å². The van der Waals surface area contributed by atoms with Gasteiger partial charge in [-0.2, -0.15) is 0 Å². The Balaban J connectivity index is 2.86. The Morgan fingerprint density at radius 3 is 1.67 bits per heavy atom. The summed E-state index contributed by atoms with van der Waals surface area (Å²) < 4.78 is 0. The summed E-state index contributed by atoms with van der Waals surface area (Å²) in [5.41, 5.74) is 5.27. The molecule has 0 aromatic heterocycles. The molecule has 0 radical (unpaired) electrons. The average Bonchev–Trinajstić information content (AvgIpc) is 2.26. The summed E-state index contributed by atoms with van der Waals surface area (Å²) in [4.78, 5) is 0. The average molecular weight is 211 g/mol. The molecule has 0 aliphatic carbocycles. The Kier molecular flexibility index (Phi) is 13.1. The highest BCUT2D eigenvalue weighted by Gasteiger charge is 1.91. The van der Waals surface area contributed by atoms with Crippen molar-refractivity contribution in [3.8, 4) is 0 Å². The Hall–Kier alpha value is -0.460. The van der Waals surface area contributed by atoms with Crippen molar-refractivity contribution in [1.29, 1.82) is 0 Å². The van der Waals surface area contributed by atoms with E-state index in [2.05, 4.69) is 13.0 Å². The number of rotatable bonds is 11. The summed E-state index contributed by atoms with van der Waals surface area (Å²) in [6, 6.07) is 0. The van der Waals surface area contributed by atoms with Crippen molar-refractivity contribution in [3.05, 3.63) is 12.3 Å². The van der Waals surface area contributed by atoms with Crippen LogP contribution in [-0.4, -0.2) is 0 Å². The predicted octanol–water partition coefficient (Wildman–Crippen LogP) is 4.77. The van der Waals surface area contributed by atoms with E-state index in [4.69, 9.17) is 5.73 Å². The van der Waals surface area contributed by atoms with Gasteiger partial charge in [0.1, 0.15) is 0 Å². The van der Waals surface area contributed by atoms with E-state index < -0.39 is 0 Å². The summed E-state index contributed by atoms with van der Waals surface area (Å²) in [6.45, 7) is 2.27. The van der Waals surface area contributed by atoms with E-state index in [1.54, 1.807) is 6.20 Å². The standard InChI is InChI=1S/C14H29N/c1-2-3-4-5-6-7-8-9-10-11-12-13-14-15/h13-14H,2-12,15H2,1H3/b14-13+. The molecule has 90 valence electrons. The molecule has 0 aromatic carbocycles. The molecule has 0 unspecified atom stereocenters. The van der Waals surface area contributed by atoms with Crippen LogP contribution in [0.2, 0.25) is 0 Å². The molecule has 0 amide bonds. The molecule has 0 bridgehead atoms. The Labute approximate surface area is 96.1 Å². The highest BCUT2D eigenvalue weighted by atomic mass is 14.5. The van der Waals surface area contributed by atoms with E-state index in [1.165, 1.54) is 64.2 Å². The molecule has 1 heteroatoms. The van der Waals surface area contributed by atoms with Crippen LogP contribution in [-0.2, 0) is 0 Å². The molecule has 0 atom stereocenters. The van der Waals surface area contributed by atoms with Crippen LogP contribution in [0.3, 0.4) is 0 Å². The molecule has 0 aromatic rings. The van der Waals surface area contributed by atoms with Crippen LogP contribution in [0.5, 0.6) is 0 Å². The van der Waals surface area contributed by atoms with Crippen molar-refractivity contribution in [2.75, 3.05) is 0 Å². The van der Waals surface area contributed by atoms with Crippen molar-refractivity contribution >= 4 is 0 Å². The van der Waals surface area contributed by atoms with Gasteiger partial charge in [0.2, 0.25) is 0 Å². The van der Waals surface area contributed by atoms with Crippen molar-refractivity contribution in [2.45, 2.75) is 77.6 Å². The van der Waals surface area contributed by atoms with Gasteiger partial charge >= 0.3 is 0 Å². The lowest BCUT2D eigenvalue weighted by Crippen LogP contribution is -1.82. The Bertz CT molecular complexity index is 129. The topological polar surface area (TPSA) is 26.0 Å². The second-order valence-electron chi connectivity index (χ2n) is 4.40. The zero-order valence-electron chi connectivity index (χ0n) is 10.5. The third-order valence-electron chi connectivity index (χ3n) is 2.86. The lowest BCUT2D eigenvalue weighted by Gasteiger charge is -2.01. The van der Waals surface area contributed by atoms with E-state index in [1.807, 2.05) is 0 Å². The van der Waals surface area contributed by atoms with Crippen LogP contribution < -0.4 is 5.73 Å². The van der Waals surface area contributed by atoms with Gasteiger partial charge in [-0.05, 0) is 19.0 Å². The maximum Gasteiger partial charge on any atom is -0.0103 e. The molecule has 0 saturated heterocycles. The number of nitrogens with two attached hydrogens (primary N) is 1. The smallest absolute Gasteiger partial charge is 0.0103 e. The van der Waals surface area contributed by atoms with Crippen molar-refractivity contribution in [3.63, 3.8) is 0 Å². The number of allylic oxidation sites excluding steroid dienone is 1. The van der Waals surface area contributed by atoms with E-state index >= 15 is 0 Å². The maximum atomic E-state index is 5.27. The molecule has 0 aliphatic rings. The first-order valence-electron chi connectivity index (χ1n) is 6.78. The largest absolute Gasteiger partial charge is 0.405 e. The first kappa shape index (κ1) is 14.5. The van der Waals surface area contributed by atoms with Gasteiger partial charge in [0.15, 0.2) is 0 Å². The predicted molar refractivity (Wildman–Crippen MR) is 69.8 cm³/mol. The SMILES string of the molecule is CCCCCCCCCCCC/C=C/N. The second kappa shape index (κ2) is 13.5. The highest BCUT2D eigenvalue weighted by molar-refractivity contribution is 4.74. The third kappa shape index (κ3) is 13.5. The lowest BCUT2D eigenvalue weighted by atomic mass is 10.1. The Morgan fingerprint density at radius 1 is 0.733 bits per heavy atom. The number of unbranched alkanes of at least 4 members (excludes halogenated alkanes) is 10. The van der Waals surface area contributed by atoms with Gasteiger partial charge in [0.05, 0.1) is 0 Å². The Morgan fingerprint density at radius 2 is 1.20 bits per heavy atom. The van der Waals surface area contributed by atoms with Gasteiger partial charge in [-0.1, -0.05) is 70.8 Å². The quantitative estimate of drug-likeness (QED) is 0.489. The fraction of sp³-hybridized carbons (Fsp3) is 0.857. The number of hydrogen-bond donors (Lipinski definition) is 1. The van der Waals surface area contributed by atoms with Gasteiger partial charge < -0.3 is 5.73 Å². The summed E-state index contributed by atoms with van der Waals surface area (Å²) in [6.07, 6.45) is 19.0. The van der Waals surface area contributed by atoms with Crippen molar-refractivity contribution in [1.82, 2.24) is 0 Å². The minimum atomic E-state index is 1.16. The molecule has 1 nitrogen and oxygen atoms in total. The van der Waals surface area contributed by atoms with Crippen molar-refractivity contribution in [2.24, 2.45) is 5.73 Å². The molecule has 0 fully saturated rings. The molecular formula is C14H29N. The lowest BCUT2D eigenvalue weighted by molar-refractivity contribution is 0.557. The normalized spacial score (nSPS) is 11.3. The molecule has 2 N–H and O–H groups in total. The zero-order chi connectivity index (χ0) is 11.2. The van der Waals surface area contributed by atoms with Crippen LogP contribution in [0.15, 0.2) is 12.3 Å². The van der Waals surface area contributed by atoms with Gasteiger partial charge in [0, 0.05) is 0 Å². The molecule has 0 saturated carbocycles. The van der Waals surface area contributed by atoms with E-state index in [0.717, 1.165) is 6.42 Å². The number of hydrogen-bond acceptors (Lipinski definition) is 1. The third-order valence-corrected chi connectivity index (χ3v) is 2.86.